The maximum atomic E-state index is 12.8. The van der Waals surface area contributed by atoms with Crippen molar-refractivity contribution in [2.24, 2.45) is 0 Å². The molecule has 1 aliphatic rings. The summed E-state index contributed by atoms with van der Waals surface area (Å²) in [5.74, 6) is 0.0284. The van der Waals surface area contributed by atoms with Gasteiger partial charge in [0, 0.05) is 49.2 Å². The Morgan fingerprint density at radius 3 is 2.56 bits per heavy atom. The van der Waals surface area contributed by atoms with Crippen molar-refractivity contribution in [3.8, 4) is 0 Å². The number of nitrogens with zero attached hydrogens (tertiary/aromatic N) is 2. The fraction of sp³-hybridized carbons (Fsp3) is 0.400. The quantitative estimate of drug-likeness (QED) is 0.533. The molecule has 0 aliphatic carbocycles. The van der Waals surface area contributed by atoms with Crippen LogP contribution in [0.5, 0.6) is 0 Å². The zero-order valence-corrected chi connectivity index (χ0v) is 19.4. The Balaban J connectivity index is 1.32. The molecule has 4 rings (SSSR count). The van der Waals surface area contributed by atoms with Gasteiger partial charge in [0.05, 0.1) is 4.90 Å². The van der Waals surface area contributed by atoms with Gasteiger partial charge in [0.2, 0.25) is 15.9 Å². The van der Waals surface area contributed by atoms with E-state index in [9.17, 15) is 13.2 Å². The zero-order valence-electron chi connectivity index (χ0n) is 18.5. The number of hydrogen-bond acceptors (Lipinski definition) is 3. The number of carbonyl (C=O) groups excluding carboxylic acids is 1. The first-order valence-corrected chi connectivity index (χ1v) is 12.8. The molecule has 1 aliphatic heterocycles. The molecule has 1 saturated heterocycles. The van der Waals surface area contributed by atoms with Crippen LogP contribution in [0, 0.1) is 0 Å². The second-order valence-electron chi connectivity index (χ2n) is 8.58. The van der Waals surface area contributed by atoms with Gasteiger partial charge in [0.15, 0.2) is 0 Å². The number of nitrogens with one attached hydrogen (secondary N) is 1. The van der Waals surface area contributed by atoms with E-state index < -0.39 is 10.0 Å². The molecule has 3 aromatic rings. The standard InChI is InChI=1S/C25H31N3O3S/c1-20(9-10-21-7-3-2-4-8-21)26-25(29)14-18-27-17-13-22-19-23(11-12-24(22)27)32(30,31)28-15-5-6-16-28/h2-4,7-8,11-13,17,19-20H,5-6,9-10,14-16,18H2,1H3,(H,26,29)/t20-/m1/s1. The Morgan fingerprint density at radius 1 is 1.06 bits per heavy atom. The summed E-state index contributed by atoms with van der Waals surface area (Å²) in [5.41, 5.74) is 2.22. The molecule has 1 atom stereocenters. The van der Waals surface area contributed by atoms with E-state index >= 15 is 0 Å². The van der Waals surface area contributed by atoms with Gasteiger partial charge < -0.3 is 9.88 Å². The maximum Gasteiger partial charge on any atom is 0.243 e. The van der Waals surface area contributed by atoms with E-state index in [1.54, 1.807) is 16.4 Å². The van der Waals surface area contributed by atoms with Crippen molar-refractivity contribution >= 4 is 26.8 Å². The van der Waals surface area contributed by atoms with Gasteiger partial charge in [-0.2, -0.15) is 4.31 Å². The molecule has 0 unspecified atom stereocenters. The fourth-order valence-corrected chi connectivity index (χ4v) is 5.83. The van der Waals surface area contributed by atoms with Crippen molar-refractivity contribution in [1.29, 1.82) is 0 Å². The van der Waals surface area contributed by atoms with Crippen LogP contribution in [0.2, 0.25) is 0 Å². The Kier molecular flexibility index (Phi) is 6.96. The highest BCUT2D eigenvalue weighted by Crippen LogP contribution is 2.25. The summed E-state index contributed by atoms with van der Waals surface area (Å²) in [7, 11) is -3.43. The Hall–Kier alpha value is -2.64. The summed E-state index contributed by atoms with van der Waals surface area (Å²) in [6, 6.07) is 17.6. The van der Waals surface area contributed by atoms with Crippen molar-refractivity contribution in [3.63, 3.8) is 0 Å². The third kappa shape index (κ3) is 5.22. The first kappa shape index (κ1) is 22.6. The van der Waals surface area contributed by atoms with E-state index in [4.69, 9.17) is 0 Å². The smallest absolute Gasteiger partial charge is 0.243 e. The number of hydrogen-bond donors (Lipinski definition) is 1. The van der Waals surface area contributed by atoms with Crippen LogP contribution in [-0.4, -0.2) is 42.3 Å². The van der Waals surface area contributed by atoms with Crippen molar-refractivity contribution in [1.82, 2.24) is 14.2 Å². The lowest BCUT2D eigenvalue weighted by Gasteiger charge is -2.16. The van der Waals surface area contributed by atoms with Gasteiger partial charge in [-0.3, -0.25) is 4.79 Å². The van der Waals surface area contributed by atoms with Gasteiger partial charge in [0.1, 0.15) is 0 Å². The largest absolute Gasteiger partial charge is 0.354 e. The molecule has 1 aromatic heterocycles. The molecule has 2 heterocycles. The summed E-state index contributed by atoms with van der Waals surface area (Å²) in [5, 5.41) is 3.96. The topological polar surface area (TPSA) is 71.4 Å². The van der Waals surface area contributed by atoms with Crippen LogP contribution in [0.4, 0.5) is 0 Å². The zero-order chi connectivity index (χ0) is 22.6. The average molecular weight is 454 g/mol. The van der Waals surface area contributed by atoms with Crippen LogP contribution >= 0.6 is 0 Å². The number of sulfonamides is 1. The molecule has 1 N–H and O–H groups in total. The van der Waals surface area contributed by atoms with Crippen molar-refractivity contribution < 1.29 is 13.2 Å². The molecule has 1 fully saturated rings. The molecule has 0 bridgehead atoms. The summed E-state index contributed by atoms with van der Waals surface area (Å²) >= 11 is 0. The van der Waals surface area contributed by atoms with Gasteiger partial charge in [-0.25, -0.2) is 8.42 Å². The molecule has 32 heavy (non-hydrogen) atoms. The lowest BCUT2D eigenvalue weighted by Crippen LogP contribution is -2.33. The van der Waals surface area contributed by atoms with E-state index in [2.05, 4.69) is 17.4 Å². The molecule has 6 nitrogen and oxygen atoms in total. The van der Waals surface area contributed by atoms with Gasteiger partial charge in [-0.05, 0) is 62.4 Å². The molecule has 1 amide bonds. The number of benzene rings is 2. The number of rotatable bonds is 9. The van der Waals surface area contributed by atoms with E-state index in [1.165, 1.54) is 5.56 Å². The van der Waals surface area contributed by atoms with E-state index in [1.807, 2.05) is 48.0 Å². The second-order valence-corrected chi connectivity index (χ2v) is 10.5. The van der Waals surface area contributed by atoms with Gasteiger partial charge in [0.25, 0.3) is 0 Å². The van der Waals surface area contributed by atoms with Gasteiger partial charge in [-0.1, -0.05) is 30.3 Å². The number of amides is 1. The van der Waals surface area contributed by atoms with Crippen LogP contribution in [0.1, 0.15) is 38.2 Å². The third-order valence-corrected chi connectivity index (χ3v) is 8.04. The SMILES string of the molecule is C[C@H](CCc1ccccc1)NC(=O)CCn1ccc2cc(S(=O)(=O)N3CCCC3)ccc21. The van der Waals surface area contributed by atoms with Crippen LogP contribution in [0.3, 0.4) is 0 Å². The van der Waals surface area contributed by atoms with Crippen molar-refractivity contribution in [2.75, 3.05) is 13.1 Å². The highest BCUT2D eigenvalue weighted by Gasteiger charge is 2.27. The second kappa shape index (κ2) is 9.88. The number of aromatic nitrogens is 1. The Morgan fingerprint density at radius 2 is 1.81 bits per heavy atom. The van der Waals surface area contributed by atoms with Crippen LogP contribution < -0.4 is 5.32 Å². The summed E-state index contributed by atoms with van der Waals surface area (Å²) in [4.78, 5) is 12.8. The van der Waals surface area contributed by atoms with Crippen LogP contribution in [0.25, 0.3) is 10.9 Å². The lowest BCUT2D eigenvalue weighted by atomic mass is 10.1. The molecule has 2 aromatic carbocycles. The minimum Gasteiger partial charge on any atom is -0.354 e. The normalized spacial score (nSPS) is 15.8. The van der Waals surface area contributed by atoms with Crippen molar-refractivity contribution in [2.45, 2.75) is 56.5 Å². The fourth-order valence-electron chi connectivity index (χ4n) is 4.28. The highest BCUT2D eigenvalue weighted by molar-refractivity contribution is 7.89. The first-order chi connectivity index (χ1) is 15.4. The minimum atomic E-state index is -3.43. The predicted octanol–water partition coefficient (Wildman–Crippen LogP) is 3.95. The summed E-state index contributed by atoms with van der Waals surface area (Å²) < 4.78 is 29.2. The molecular formula is C25H31N3O3S. The van der Waals surface area contributed by atoms with E-state index in [-0.39, 0.29) is 11.9 Å². The monoisotopic (exact) mass is 453 g/mol. The summed E-state index contributed by atoms with van der Waals surface area (Å²) in [6.07, 6.45) is 5.98. The molecule has 0 radical (unpaired) electrons. The molecule has 7 heteroatoms. The minimum absolute atomic E-state index is 0.0284. The molecule has 0 saturated carbocycles. The average Bonchev–Trinajstić information content (AvgIpc) is 3.47. The maximum absolute atomic E-state index is 12.8. The van der Waals surface area contributed by atoms with Gasteiger partial charge >= 0.3 is 0 Å². The Bertz CT molecular complexity index is 1170. The lowest BCUT2D eigenvalue weighted by molar-refractivity contribution is -0.121. The van der Waals surface area contributed by atoms with Crippen LogP contribution in [0.15, 0.2) is 65.7 Å². The molecular weight excluding hydrogens is 422 g/mol. The highest BCUT2D eigenvalue weighted by atomic mass is 32.2. The number of fused-ring (bicyclic) bond motifs is 1. The third-order valence-electron chi connectivity index (χ3n) is 6.14. The van der Waals surface area contributed by atoms with E-state index in [0.717, 1.165) is 36.6 Å². The molecule has 170 valence electrons. The molecule has 0 spiro atoms. The summed E-state index contributed by atoms with van der Waals surface area (Å²) in [6.45, 7) is 3.79. The Labute approximate surface area is 190 Å². The van der Waals surface area contributed by atoms with Crippen molar-refractivity contribution in [3.05, 3.63) is 66.4 Å². The van der Waals surface area contributed by atoms with Gasteiger partial charge in [-0.15, -0.1) is 0 Å². The number of aryl methyl sites for hydroxylation is 2. The van der Waals surface area contributed by atoms with Crippen LogP contribution in [-0.2, 0) is 27.8 Å². The first-order valence-electron chi connectivity index (χ1n) is 11.4. The predicted molar refractivity (Wildman–Crippen MR) is 127 cm³/mol. The van der Waals surface area contributed by atoms with E-state index in [0.29, 0.717) is 31.0 Å². The number of carbonyl (C=O) groups is 1.